The fourth-order valence-corrected chi connectivity index (χ4v) is 3.62. The van der Waals surface area contributed by atoms with E-state index in [2.05, 4.69) is 0 Å². The summed E-state index contributed by atoms with van der Waals surface area (Å²) in [6.07, 6.45) is -5.59. The molecule has 1 saturated heterocycles. The summed E-state index contributed by atoms with van der Waals surface area (Å²) in [6.45, 7) is -0.550. The van der Waals surface area contributed by atoms with E-state index in [0.29, 0.717) is 12.2 Å². The summed E-state index contributed by atoms with van der Waals surface area (Å²) in [6, 6.07) is 11.4. The van der Waals surface area contributed by atoms with E-state index in [1.165, 1.54) is 14.2 Å². The zero-order valence-corrected chi connectivity index (χ0v) is 18.3. The van der Waals surface area contributed by atoms with Crippen LogP contribution in [0.25, 0.3) is 0 Å². The van der Waals surface area contributed by atoms with Crippen LogP contribution in [0.5, 0.6) is 23.0 Å². The maximum atomic E-state index is 10.3. The van der Waals surface area contributed by atoms with Crippen molar-refractivity contribution in [1.82, 2.24) is 0 Å². The van der Waals surface area contributed by atoms with Gasteiger partial charge in [0.15, 0.2) is 11.5 Å². The van der Waals surface area contributed by atoms with Gasteiger partial charge in [0.1, 0.15) is 30.2 Å². The second-order valence-electron chi connectivity index (χ2n) is 7.50. The highest BCUT2D eigenvalue weighted by molar-refractivity contribution is 5.54. The van der Waals surface area contributed by atoms with Crippen LogP contribution in [0.2, 0.25) is 0 Å². The normalized spacial score (nSPS) is 25.3. The van der Waals surface area contributed by atoms with Crippen molar-refractivity contribution in [3.63, 3.8) is 0 Å². The Hall–Kier alpha value is -2.56. The lowest BCUT2D eigenvalue weighted by Crippen LogP contribution is -2.60. The van der Waals surface area contributed by atoms with Crippen LogP contribution in [-0.4, -0.2) is 79.1 Å². The van der Waals surface area contributed by atoms with Crippen molar-refractivity contribution in [2.75, 3.05) is 27.9 Å². The number of hydrogen-bond donors (Lipinski definition) is 4. The molecule has 1 fully saturated rings. The third-order valence-electron chi connectivity index (χ3n) is 5.43. The number of ether oxygens (including phenoxy) is 5. The molecule has 9 heteroatoms. The molecule has 2 aromatic carbocycles. The van der Waals surface area contributed by atoms with Gasteiger partial charge in [0.2, 0.25) is 12.0 Å². The van der Waals surface area contributed by atoms with Crippen molar-refractivity contribution in [1.29, 1.82) is 0 Å². The van der Waals surface area contributed by atoms with Gasteiger partial charge in [-0.2, -0.15) is 0 Å². The Morgan fingerprint density at radius 2 is 1.53 bits per heavy atom. The van der Waals surface area contributed by atoms with Gasteiger partial charge in [-0.1, -0.05) is 12.1 Å². The van der Waals surface area contributed by atoms with Crippen LogP contribution < -0.4 is 18.9 Å². The van der Waals surface area contributed by atoms with Crippen molar-refractivity contribution in [3.05, 3.63) is 47.5 Å². The Kier molecular flexibility index (Phi) is 8.16. The fraction of sp³-hybridized carbons (Fsp3) is 0.478. The van der Waals surface area contributed by atoms with Gasteiger partial charge in [-0.05, 0) is 48.2 Å². The molecule has 0 spiro atoms. The van der Waals surface area contributed by atoms with Gasteiger partial charge in [0.25, 0.3) is 0 Å². The molecule has 176 valence electrons. The summed E-state index contributed by atoms with van der Waals surface area (Å²) < 4.78 is 27.4. The minimum Gasteiger partial charge on any atom is -0.497 e. The SMILES string of the molecule is COc1cccc(CCc2cc(OC)c(OC)c(O[C@@H]3O[C@H](CO)[C@@H](O)[C@H](O)[C@H]3O)c2)c1. The Labute approximate surface area is 186 Å². The molecule has 0 aromatic heterocycles. The average molecular weight is 450 g/mol. The zero-order valence-electron chi connectivity index (χ0n) is 18.3. The number of rotatable bonds is 9. The smallest absolute Gasteiger partial charge is 0.229 e. The molecular formula is C23H30O9. The summed E-state index contributed by atoms with van der Waals surface area (Å²) in [4.78, 5) is 0. The Morgan fingerprint density at radius 3 is 2.19 bits per heavy atom. The molecule has 9 nitrogen and oxygen atoms in total. The van der Waals surface area contributed by atoms with Crippen LogP contribution in [0.4, 0.5) is 0 Å². The molecule has 0 radical (unpaired) electrons. The van der Waals surface area contributed by atoms with Gasteiger partial charge < -0.3 is 44.1 Å². The van der Waals surface area contributed by atoms with Crippen LogP contribution in [0, 0.1) is 0 Å². The first-order chi connectivity index (χ1) is 15.4. The van der Waals surface area contributed by atoms with E-state index in [-0.39, 0.29) is 11.5 Å². The molecule has 1 aliphatic heterocycles. The first-order valence-electron chi connectivity index (χ1n) is 10.3. The summed E-state index contributed by atoms with van der Waals surface area (Å²) >= 11 is 0. The third kappa shape index (κ3) is 5.25. The Balaban J connectivity index is 1.84. The van der Waals surface area contributed by atoms with Gasteiger partial charge in [0, 0.05) is 0 Å². The Bertz CT molecular complexity index is 886. The van der Waals surface area contributed by atoms with E-state index in [1.54, 1.807) is 13.2 Å². The monoisotopic (exact) mass is 450 g/mol. The van der Waals surface area contributed by atoms with Crippen LogP contribution in [0.3, 0.4) is 0 Å². The van der Waals surface area contributed by atoms with Crippen LogP contribution >= 0.6 is 0 Å². The molecule has 0 aliphatic carbocycles. The Morgan fingerprint density at radius 1 is 0.812 bits per heavy atom. The highest BCUT2D eigenvalue weighted by atomic mass is 16.7. The molecule has 0 unspecified atom stereocenters. The quantitative estimate of drug-likeness (QED) is 0.436. The van der Waals surface area contributed by atoms with E-state index >= 15 is 0 Å². The van der Waals surface area contributed by atoms with Crippen LogP contribution in [-0.2, 0) is 17.6 Å². The van der Waals surface area contributed by atoms with E-state index < -0.39 is 37.3 Å². The van der Waals surface area contributed by atoms with Crippen molar-refractivity contribution in [3.8, 4) is 23.0 Å². The van der Waals surface area contributed by atoms with Crippen LogP contribution in [0.15, 0.2) is 36.4 Å². The molecule has 1 heterocycles. The minimum absolute atomic E-state index is 0.233. The topological polar surface area (TPSA) is 127 Å². The summed E-state index contributed by atoms with van der Waals surface area (Å²) in [5, 5.41) is 39.7. The first-order valence-corrected chi connectivity index (χ1v) is 10.3. The number of aliphatic hydroxyl groups excluding tert-OH is 4. The standard InChI is InChI=1S/C23H30O9/c1-28-15-6-4-5-13(9-15)7-8-14-10-16(29-2)22(30-3)17(11-14)31-23-21(27)20(26)19(25)18(12-24)32-23/h4-6,9-11,18-21,23-27H,7-8,12H2,1-3H3/t18-,19-,20+,21-,23-/m1/s1. The molecule has 4 N–H and O–H groups in total. The van der Waals surface area contributed by atoms with Gasteiger partial charge in [-0.15, -0.1) is 0 Å². The zero-order chi connectivity index (χ0) is 23.3. The average Bonchev–Trinajstić information content (AvgIpc) is 2.82. The van der Waals surface area contributed by atoms with E-state index in [4.69, 9.17) is 23.7 Å². The molecule has 0 saturated carbocycles. The number of hydrogen-bond acceptors (Lipinski definition) is 9. The molecule has 32 heavy (non-hydrogen) atoms. The fourth-order valence-electron chi connectivity index (χ4n) is 3.62. The van der Waals surface area contributed by atoms with E-state index in [0.717, 1.165) is 23.3 Å². The molecule has 0 bridgehead atoms. The van der Waals surface area contributed by atoms with Crippen molar-refractivity contribution in [2.45, 2.75) is 43.5 Å². The van der Waals surface area contributed by atoms with Gasteiger partial charge in [-0.25, -0.2) is 0 Å². The summed E-state index contributed by atoms with van der Waals surface area (Å²) in [5.74, 6) is 1.73. The predicted octanol–water partition coefficient (Wildman–Crippen LogP) is 0.676. The highest BCUT2D eigenvalue weighted by Crippen LogP contribution is 2.40. The lowest BCUT2D eigenvalue weighted by molar-refractivity contribution is -0.277. The van der Waals surface area contributed by atoms with Crippen molar-refractivity contribution < 1.29 is 44.1 Å². The first kappa shape index (κ1) is 24.1. The maximum absolute atomic E-state index is 10.3. The van der Waals surface area contributed by atoms with E-state index in [1.807, 2.05) is 30.3 Å². The lowest BCUT2D eigenvalue weighted by atomic mass is 9.99. The number of benzene rings is 2. The second-order valence-corrected chi connectivity index (χ2v) is 7.50. The molecule has 1 aliphatic rings. The van der Waals surface area contributed by atoms with E-state index in [9.17, 15) is 20.4 Å². The van der Waals surface area contributed by atoms with Crippen molar-refractivity contribution in [2.24, 2.45) is 0 Å². The largest absolute Gasteiger partial charge is 0.497 e. The summed E-state index contributed by atoms with van der Waals surface area (Å²) in [5.41, 5.74) is 1.97. The van der Waals surface area contributed by atoms with Crippen molar-refractivity contribution >= 4 is 0 Å². The number of methoxy groups -OCH3 is 3. The van der Waals surface area contributed by atoms with Gasteiger partial charge in [0.05, 0.1) is 27.9 Å². The minimum atomic E-state index is -1.55. The third-order valence-corrected chi connectivity index (χ3v) is 5.43. The van der Waals surface area contributed by atoms with Gasteiger partial charge in [-0.3, -0.25) is 0 Å². The molecule has 5 atom stereocenters. The maximum Gasteiger partial charge on any atom is 0.229 e. The number of aryl methyl sites for hydroxylation is 2. The molecule has 0 amide bonds. The lowest BCUT2D eigenvalue weighted by Gasteiger charge is -2.39. The highest BCUT2D eigenvalue weighted by Gasteiger charge is 2.45. The molecule has 2 aromatic rings. The molecule has 3 rings (SSSR count). The summed E-state index contributed by atoms with van der Waals surface area (Å²) in [7, 11) is 4.57. The van der Waals surface area contributed by atoms with Crippen LogP contribution in [0.1, 0.15) is 11.1 Å². The number of aliphatic hydroxyl groups is 4. The second kappa shape index (κ2) is 10.8. The molecular weight excluding hydrogens is 420 g/mol. The predicted molar refractivity (Wildman–Crippen MR) is 114 cm³/mol. The van der Waals surface area contributed by atoms with Gasteiger partial charge >= 0.3 is 0 Å².